The van der Waals surface area contributed by atoms with Gasteiger partial charge in [-0.1, -0.05) is 44.2 Å². The Kier molecular flexibility index (Phi) is 5.64. The Labute approximate surface area is 156 Å². The van der Waals surface area contributed by atoms with Crippen molar-refractivity contribution in [3.05, 3.63) is 76.0 Å². The highest BCUT2D eigenvalue weighted by molar-refractivity contribution is 6.04. The van der Waals surface area contributed by atoms with Gasteiger partial charge in [0.1, 0.15) is 5.82 Å². The van der Waals surface area contributed by atoms with Crippen LogP contribution in [0, 0.1) is 11.7 Å². The number of hydrogen-bond donors (Lipinski definition) is 1. The van der Waals surface area contributed by atoms with Crippen LogP contribution in [-0.2, 0) is 13.0 Å². The molecule has 0 saturated heterocycles. The third-order valence-electron chi connectivity index (χ3n) is 4.23. The van der Waals surface area contributed by atoms with Crippen LogP contribution in [0.2, 0.25) is 0 Å². The van der Waals surface area contributed by atoms with Crippen LogP contribution in [0.25, 0.3) is 10.8 Å². The summed E-state index contributed by atoms with van der Waals surface area (Å²) in [4.78, 5) is 25.3. The first-order valence-electron chi connectivity index (χ1n) is 8.98. The average molecular weight is 367 g/mol. The summed E-state index contributed by atoms with van der Waals surface area (Å²) in [6.45, 7) is 4.82. The molecule has 0 saturated carbocycles. The van der Waals surface area contributed by atoms with Crippen molar-refractivity contribution in [2.24, 2.45) is 5.92 Å². The van der Waals surface area contributed by atoms with E-state index in [0.717, 1.165) is 5.56 Å². The van der Waals surface area contributed by atoms with E-state index < -0.39 is 0 Å². The molecule has 0 spiro atoms. The highest BCUT2D eigenvalue weighted by atomic mass is 19.1. The Morgan fingerprint density at radius 3 is 2.44 bits per heavy atom. The van der Waals surface area contributed by atoms with Crippen LogP contribution in [-0.4, -0.2) is 22.2 Å². The number of fused-ring (bicyclic) bond motifs is 1. The summed E-state index contributed by atoms with van der Waals surface area (Å²) in [6, 6.07) is 13.2. The summed E-state index contributed by atoms with van der Waals surface area (Å²) >= 11 is 0. The fraction of sp³-hybridized carbons (Fsp3) is 0.286. The predicted molar refractivity (Wildman–Crippen MR) is 103 cm³/mol. The molecule has 0 bridgehead atoms. The minimum atomic E-state index is -0.328. The van der Waals surface area contributed by atoms with Gasteiger partial charge in [0.15, 0.2) is 5.69 Å². The van der Waals surface area contributed by atoms with Crippen molar-refractivity contribution in [3.63, 3.8) is 0 Å². The van der Waals surface area contributed by atoms with Crippen molar-refractivity contribution in [2.75, 3.05) is 6.54 Å². The molecule has 27 heavy (non-hydrogen) atoms. The Morgan fingerprint density at radius 2 is 1.78 bits per heavy atom. The minimum absolute atomic E-state index is 0.192. The SMILES string of the molecule is CC(C)Cn1nc(C(=O)NCCc2ccc(F)cc2)c2ccccc2c1=O. The molecule has 0 radical (unpaired) electrons. The van der Waals surface area contributed by atoms with E-state index in [9.17, 15) is 14.0 Å². The number of nitrogens with zero attached hydrogens (tertiary/aromatic N) is 2. The van der Waals surface area contributed by atoms with Crippen molar-refractivity contribution in [1.29, 1.82) is 0 Å². The molecule has 0 fully saturated rings. The molecule has 0 aliphatic carbocycles. The Hall–Kier alpha value is -3.02. The molecular weight excluding hydrogens is 345 g/mol. The largest absolute Gasteiger partial charge is 0.350 e. The first kappa shape index (κ1) is 18.8. The van der Waals surface area contributed by atoms with E-state index in [0.29, 0.717) is 30.3 Å². The van der Waals surface area contributed by atoms with Crippen molar-refractivity contribution < 1.29 is 9.18 Å². The molecule has 3 aromatic rings. The van der Waals surface area contributed by atoms with Crippen molar-refractivity contribution in [2.45, 2.75) is 26.8 Å². The second-order valence-corrected chi connectivity index (χ2v) is 6.91. The van der Waals surface area contributed by atoms with Gasteiger partial charge in [-0.3, -0.25) is 9.59 Å². The molecule has 0 atom stereocenters. The van der Waals surface area contributed by atoms with E-state index in [1.807, 2.05) is 13.8 Å². The highest BCUT2D eigenvalue weighted by Crippen LogP contribution is 2.14. The molecule has 6 heteroatoms. The molecule has 0 aliphatic heterocycles. The van der Waals surface area contributed by atoms with Crippen LogP contribution in [0.3, 0.4) is 0 Å². The summed E-state index contributed by atoms with van der Waals surface area (Å²) in [5, 5.41) is 8.19. The molecule has 0 unspecified atom stereocenters. The Morgan fingerprint density at radius 1 is 1.11 bits per heavy atom. The lowest BCUT2D eigenvalue weighted by Gasteiger charge is -2.12. The van der Waals surface area contributed by atoms with Crippen molar-refractivity contribution in [1.82, 2.24) is 15.1 Å². The van der Waals surface area contributed by atoms with Gasteiger partial charge in [0.05, 0.1) is 5.39 Å². The van der Waals surface area contributed by atoms with Crippen LogP contribution < -0.4 is 10.9 Å². The molecule has 140 valence electrons. The smallest absolute Gasteiger partial charge is 0.274 e. The fourth-order valence-corrected chi connectivity index (χ4v) is 2.93. The van der Waals surface area contributed by atoms with Crippen LogP contribution >= 0.6 is 0 Å². The van der Waals surface area contributed by atoms with Gasteiger partial charge in [-0.15, -0.1) is 0 Å². The number of hydrogen-bond acceptors (Lipinski definition) is 3. The highest BCUT2D eigenvalue weighted by Gasteiger charge is 2.16. The maximum Gasteiger partial charge on any atom is 0.274 e. The normalized spacial score (nSPS) is 11.1. The van der Waals surface area contributed by atoms with Gasteiger partial charge in [-0.25, -0.2) is 9.07 Å². The van der Waals surface area contributed by atoms with Gasteiger partial charge in [-0.05, 0) is 36.1 Å². The van der Waals surface area contributed by atoms with Gasteiger partial charge in [0, 0.05) is 18.5 Å². The molecular formula is C21H22FN3O2. The van der Waals surface area contributed by atoms with Gasteiger partial charge < -0.3 is 5.32 Å². The molecule has 1 aromatic heterocycles. The maximum absolute atomic E-state index is 13.0. The zero-order valence-electron chi connectivity index (χ0n) is 15.4. The summed E-state index contributed by atoms with van der Waals surface area (Å²) in [5.74, 6) is -0.387. The number of rotatable bonds is 6. The summed E-state index contributed by atoms with van der Waals surface area (Å²) in [5.41, 5.74) is 0.978. The lowest BCUT2D eigenvalue weighted by Crippen LogP contribution is -2.32. The average Bonchev–Trinajstić information content (AvgIpc) is 2.65. The number of halogens is 1. The second-order valence-electron chi connectivity index (χ2n) is 6.91. The Bertz CT molecular complexity index is 1010. The van der Waals surface area contributed by atoms with E-state index in [1.54, 1.807) is 36.4 Å². The molecule has 1 amide bonds. The van der Waals surface area contributed by atoms with Crippen LogP contribution in [0.4, 0.5) is 4.39 Å². The molecule has 2 aromatic carbocycles. The minimum Gasteiger partial charge on any atom is -0.350 e. The molecule has 3 rings (SSSR count). The van der Waals surface area contributed by atoms with E-state index in [2.05, 4.69) is 10.4 Å². The molecule has 1 N–H and O–H groups in total. The summed E-state index contributed by atoms with van der Waals surface area (Å²) < 4.78 is 14.3. The predicted octanol–water partition coefficient (Wildman–Crippen LogP) is 3.16. The topological polar surface area (TPSA) is 64.0 Å². The third kappa shape index (κ3) is 4.39. The lowest BCUT2D eigenvalue weighted by molar-refractivity contribution is 0.0948. The van der Waals surface area contributed by atoms with Gasteiger partial charge in [0.2, 0.25) is 0 Å². The van der Waals surface area contributed by atoms with Gasteiger partial charge in [0.25, 0.3) is 11.5 Å². The van der Waals surface area contributed by atoms with Crippen LogP contribution in [0.5, 0.6) is 0 Å². The third-order valence-corrected chi connectivity index (χ3v) is 4.23. The van der Waals surface area contributed by atoms with Crippen molar-refractivity contribution in [3.8, 4) is 0 Å². The van der Waals surface area contributed by atoms with Gasteiger partial charge >= 0.3 is 0 Å². The molecule has 1 heterocycles. The maximum atomic E-state index is 13.0. The number of carbonyl (C=O) groups excluding carboxylic acids is 1. The number of benzene rings is 2. The zero-order valence-corrected chi connectivity index (χ0v) is 15.4. The number of carbonyl (C=O) groups is 1. The van der Waals surface area contributed by atoms with Gasteiger partial charge in [-0.2, -0.15) is 5.10 Å². The monoisotopic (exact) mass is 367 g/mol. The van der Waals surface area contributed by atoms with Crippen molar-refractivity contribution >= 4 is 16.7 Å². The zero-order chi connectivity index (χ0) is 19.4. The first-order valence-corrected chi connectivity index (χ1v) is 8.98. The number of nitrogens with one attached hydrogen (secondary N) is 1. The number of aromatic nitrogens is 2. The molecule has 0 aliphatic rings. The number of amides is 1. The standard InChI is InChI=1S/C21H22FN3O2/c1-14(2)13-25-21(27)18-6-4-3-5-17(18)19(24-25)20(26)23-12-11-15-7-9-16(22)10-8-15/h3-10,14H,11-13H2,1-2H3,(H,23,26). The lowest BCUT2D eigenvalue weighted by atomic mass is 10.1. The Balaban J connectivity index is 1.83. The van der Waals surface area contributed by atoms with E-state index in [-0.39, 0.29) is 28.9 Å². The second kappa shape index (κ2) is 8.12. The van der Waals surface area contributed by atoms with E-state index in [4.69, 9.17) is 0 Å². The van der Waals surface area contributed by atoms with E-state index >= 15 is 0 Å². The summed E-state index contributed by atoms with van der Waals surface area (Å²) in [6.07, 6.45) is 0.579. The quantitative estimate of drug-likeness (QED) is 0.728. The van der Waals surface area contributed by atoms with E-state index in [1.165, 1.54) is 16.8 Å². The van der Waals surface area contributed by atoms with Crippen LogP contribution in [0.15, 0.2) is 53.3 Å². The fourth-order valence-electron chi connectivity index (χ4n) is 2.93. The van der Waals surface area contributed by atoms with Crippen LogP contribution in [0.1, 0.15) is 29.9 Å². The molecule has 5 nitrogen and oxygen atoms in total. The first-order chi connectivity index (χ1) is 13.0. The summed E-state index contributed by atoms with van der Waals surface area (Å²) in [7, 11) is 0.